The van der Waals surface area contributed by atoms with Crippen LogP contribution in [0.15, 0.2) is 42.5 Å². The smallest absolute Gasteiger partial charge is 0.313 e. The number of halogens is 1. The first-order valence-corrected chi connectivity index (χ1v) is 8.02. The molecule has 0 unspecified atom stereocenters. The maximum absolute atomic E-state index is 13.5. The number of aromatic nitrogens is 1. The minimum atomic E-state index is -1.29. The minimum Gasteiger partial charge on any atom is -0.508 e. The molecule has 3 rings (SSSR count). The second-order valence-electron chi connectivity index (χ2n) is 6.74. The normalized spacial score (nSPS) is 11.7. The van der Waals surface area contributed by atoms with E-state index in [1.165, 1.54) is 48.7 Å². The van der Waals surface area contributed by atoms with Crippen molar-refractivity contribution < 1.29 is 24.2 Å². The van der Waals surface area contributed by atoms with Crippen LogP contribution in [0.1, 0.15) is 35.5 Å². The average Bonchev–Trinajstić information content (AvgIpc) is 2.85. The monoisotopic (exact) mass is 355 g/mol. The number of fused-ring (bicyclic) bond motifs is 1. The molecule has 0 saturated heterocycles. The Bertz CT molecular complexity index is 1050. The Balaban J connectivity index is 2.36. The maximum atomic E-state index is 13.5. The maximum Gasteiger partial charge on any atom is 0.313 e. The first-order chi connectivity index (χ1) is 12.1. The van der Waals surface area contributed by atoms with Crippen LogP contribution in [0, 0.1) is 12.7 Å². The van der Waals surface area contributed by atoms with Crippen molar-refractivity contribution in [3.63, 3.8) is 0 Å². The van der Waals surface area contributed by atoms with Crippen molar-refractivity contribution in [3.8, 4) is 5.75 Å². The first-order valence-electron chi connectivity index (χ1n) is 8.02. The molecule has 0 radical (unpaired) electrons. The molecule has 0 amide bonds. The fraction of sp³-hybridized carbons (Fsp3) is 0.200. The van der Waals surface area contributed by atoms with Crippen LogP contribution in [0.2, 0.25) is 0 Å². The largest absolute Gasteiger partial charge is 0.508 e. The van der Waals surface area contributed by atoms with Crippen LogP contribution < -0.4 is 0 Å². The van der Waals surface area contributed by atoms with Crippen molar-refractivity contribution in [2.24, 2.45) is 0 Å². The summed E-state index contributed by atoms with van der Waals surface area (Å²) < 4.78 is 14.9. The summed E-state index contributed by atoms with van der Waals surface area (Å²) in [6.07, 6.45) is 0. The number of phenols is 1. The Morgan fingerprint density at radius 3 is 2.42 bits per heavy atom. The molecule has 0 spiro atoms. The highest BCUT2D eigenvalue weighted by molar-refractivity contribution is 6.05. The number of carbonyl (C=O) groups is 2. The molecule has 134 valence electrons. The number of hydrogen-bond acceptors (Lipinski definition) is 3. The third-order valence-electron chi connectivity index (χ3n) is 4.62. The molecule has 26 heavy (non-hydrogen) atoms. The summed E-state index contributed by atoms with van der Waals surface area (Å²) in [5.74, 6) is -2.09. The summed E-state index contributed by atoms with van der Waals surface area (Å²) in [4.78, 5) is 24.8. The minimum absolute atomic E-state index is 0.0321. The van der Waals surface area contributed by atoms with E-state index in [9.17, 15) is 24.2 Å². The van der Waals surface area contributed by atoms with Gasteiger partial charge in [0.15, 0.2) is 0 Å². The molecule has 3 aromatic rings. The number of aromatic hydroxyl groups is 1. The quantitative estimate of drug-likeness (QED) is 0.748. The molecule has 0 saturated carbocycles. The molecule has 0 aliphatic heterocycles. The molecule has 1 heterocycles. The van der Waals surface area contributed by atoms with Crippen LogP contribution in [0.3, 0.4) is 0 Å². The van der Waals surface area contributed by atoms with Crippen LogP contribution in [-0.4, -0.2) is 26.7 Å². The molecule has 0 atom stereocenters. The summed E-state index contributed by atoms with van der Waals surface area (Å²) in [7, 11) is 0. The predicted molar refractivity (Wildman–Crippen MR) is 95.1 cm³/mol. The molecule has 1 aromatic heterocycles. The van der Waals surface area contributed by atoms with E-state index in [1.807, 2.05) is 0 Å². The van der Waals surface area contributed by atoms with Gasteiger partial charge in [0.05, 0.1) is 10.9 Å². The van der Waals surface area contributed by atoms with Gasteiger partial charge in [-0.1, -0.05) is 6.07 Å². The van der Waals surface area contributed by atoms with E-state index in [2.05, 4.69) is 0 Å². The third-order valence-corrected chi connectivity index (χ3v) is 4.62. The molecule has 0 aliphatic rings. The summed E-state index contributed by atoms with van der Waals surface area (Å²) in [6, 6.07) is 9.74. The summed E-state index contributed by atoms with van der Waals surface area (Å²) in [5, 5.41) is 20.0. The van der Waals surface area contributed by atoms with Crippen molar-refractivity contribution in [2.45, 2.75) is 26.2 Å². The molecule has 2 N–H and O–H groups in total. The lowest BCUT2D eigenvalue weighted by atomic mass is 9.83. The SMILES string of the molecule is Cc1c(C(C)(C)C(=O)O)c2cc(O)ccc2n1C(=O)c1cccc(F)c1. The van der Waals surface area contributed by atoms with Gasteiger partial charge in [-0.15, -0.1) is 0 Å². The summed E-state index contributed by atoms with van der Waals surface area (Å²) in [5.41, 5.74) is 0.188. The van der Waals surface area contributed by atoms with Crippen LogP contribution >= 0.6 is 0 Å². The number of carboxylic acid groups (broad SMARTS) is 1. The van der Waals surface area contributed by atoms with Crippen LogP contribution in [0.5, 0.6) is 5.75 Å². The Morgan fingerprint density at radius 2 is 1.81 bits per heavy atom. The van der Waals surface area contributed by atoms with E-state index in [0.717, 1.165) is 6.07 Å². The zero-order chi connectivity index (χ0) is 19.2. The van der Waals surface area contributed by atoms with Crippen LogP contribution in [-0.2, 0) is 10.2 Å². The first kappa shape index (κ1) is 17.7. The number of carboxylic acids is 1. The highest BCUT2D eigenvalue weighted by Crippen LogP contribution is 2.37. The highest BCUT2D eigenvalue weighted by atomic mass is 19.1. The Hall–Kier alpha value is -3.15. The highest BCUT2D eigenvalue weighted by Gasteiger charge is 2.36. The summed E-state index contributed by atoms with van der Waals surface area (Å²) in [6.45, 7) is 4.73. The molecular formula is C20H18FNO4. The standard InChI is InChI=1S/C20H18FNO4/c1-11-17(20(2,3)19(25)26)15-10-14(23)7-8-16(15)22(11)18(24)12-5-4-6-13(21)9-12/h4-10,23H,1-3H3,(H,25,26). The number of carbonyl (C=O) groups excluding carboxylic acids is 1. The number of benzene rings is 2. The zero-order valence-corrected chi connectivity index (χ0v) is 14.6. The van der Waals surface area contributed by atoms with Gasteiger partial charge in [-0.05, 0) is 62.7 Å². The van der Waals surface area contributed by atoms with E-state index >= 15 is 0 Å². The van der Waals surface area contributed by atoms with Gasteiger partial charge in [-0.3, -0.25) is 14.2 Å². The third kappa shape index (κ3) is 2.63. The van der Waals surface area contributed by atoms with Crippen molar-refractivity contribution >= 4 is 22.8 Å². The number of rotatable bonds is 3. The second-order valence-corrected chi connectivity index (χ2v) is 6.74. The van der Waals surface area contributed by atoms with Crippen LogP contribution in [0.4, 0.5) is 4.39 Å². The van der Waals surface area contributed by atoms with E-state index in [4.69, 9.17) is 0 Å². The van der Waals surface area contributed by atoms with Gasteiger partial charge >= 0.3 is 5.97 Å². The lowest BCUT2D eigenvalue weighted by molar-refractivity contribution is -0.142. The Kier molecular flexibility index (Phi) is 4.06. The van der Waals surface area contributed by atoms with E-state index in [0.29, 0.717) is 22.2 Å². The lowest BCUT2D eigenvalue weighted by Crippen LogP contribution is -2.29. The molecular weight excluding hydrogens is 337 g/mol. The van der Waals surface area contributed by atoms with Crippen LogP contribution in [0.25, 0.3) is 10.9 Å². The fourth-order valence-corrected chi connectivity index (χ4v) is 3.31. The molecule has 0 fully saturated rings. The molecule has 0 bridgehead atoms. The van der Waals surface area contributed by atoms with E-state index in [-0.39, 0.29) is 11.3 Å². The van der Waals surface area contributed by atoms with Gasteiger partial charge in [0, 0.05) is 16.6 Å². The van der Waals surface area contributed by atoms with E-state index < -0.39 is 23.1 Å². The van der Waals surface area contributed by atoms with Gasteiger partial charge in [-0.25, -0.2) is 4.39 Å². The topological polar surface area (TPSA) is 79.5 Å². The van der Waals surface area contributed by atoms with Gasteiger partial charge < -0.3 is 10.2 Å². The zero-order valence-electron chi connectivity index (χ0n) is 14.6. The van der Waals surface area contributed by atoms with Gasteiger partial charge in [0.25, 0.3) is 5.91 Å². The average molecular weight is 355 g/mol. The summed E-state index contributed by atoms with van der Waals surface area (Å²) >= 11 is 0. The van der Waals surface area contributed by atoms with Crippen molar-refractivity contribution in [2.75, 3.05) is 0 Å². The van der Waals surface area contributed by atoms with Gasteiger partial charge in [0.1, 0.15) is 11.6 Å². The number of hydrogen-bond donors (Lipinski definition) is 2. The molecule has 0 aliphatic carbocycles. The Labute approximate surface area is 149 Å². The fourth-order valence-electron chi connectivity index (χ4n) is 3.31. The molecule has 6 heteroatoms. The van der Waals surface area contributed by atoms with Gasteiger partial charge in [0.2, 0.25) is 0 Å². The van der Waals surface area contributed by atoms with Crippen molar-refractivity contribution in [1.29, 1.82) is 0 Å². The molecule has 5 nitrogen and oxygen atoms in total. The molecule has 2 aromatic carbocycles. The number of phenolic OH excluding ortho intramolecular Hbond substituents is 1. The second kappa shape index (κ2) is 5.98. The lowest BCUT2D eigenvalue weighted by Gasteiger charge is -2.20. The Morgan fingerprint density at radius 1 is 1.12 bits per heavy atom. The number of aliphatic carboxylic acids is 1. The predicted octanol–water partition coefficient (Wildman–Crippen LogP) is 3.85. The van der Waals surface area contributed by atoms with E-state index in [1.54, 1.807) is 13.0 Å². The van der Waals surface area contributed by atoms with Gasteiger partial charge in [-0.2, -0.15) is 0 Å². The van der Waals surface area contributed by atoms with Crippen molar-refractivity contribution in [3.05, 3.63) is 65.1 Å². The van der Waals surface area contributed by atoms with Crippen molar-refractivity contribution in [1.82, 2.24) is 4.57 Å². The number of nitrogens with zero attached hydrogens (tertiary/aromatic N) is 1.